The van der Waals surface area contributed by atoms with Gasteiger partial charge in [0.05, 0.1) is 0 Å². The van der Waals surface area contributed by atoms with Crippen molar-refractivity contribution in [2.75, 3.05) is 6.61 Å². The first-order chi connectivity index (χ1) is 8.66. The first-order valence-corrected chi connectivity index (χ1v) is 5.27. The third-order valence-electron chi connectivity index (χ3n) is 1.44. The molecule has 0 amide bonds. The quantitative estimate of drug-likeness (QED) is 0.594. The third-order valence-corrected chi connectivity index (χ3v) is 1.44. The monoisotopic (exact) mass is 242 g/mol. The van der Waals surface area contributed by atoms with Crippen molar-refractivity contribution in [2.45, 2.75) is 20.0 Å². The van der Waals surface area contributed by atoms with E-state index in [0.29, 0.717) is 0 Å². The maximum absolute atomic E-state index is 10.5. The Morgan fingerprint density at radius 3 is 2.39 bits per heavy atom. The van der Waals surface area contributed by atoms with Gasteiger partial charge in [-0.2, -0.15) is 0 Å². The SMILES string of the molecule is C/C=C/C#CC#CC#C/C=C/[C@@H](O)COC(C)=O. The molecule has 18 heavy (non-hydrogen) atoms. The molecule has 0 fully saturated rings. The average Bonchev–Trinajstić information content (AvgIpc) is 2.34. The summed E-state index contributed by atoms with van der Waals surface area (Å²) in [5.74, 6) is 15.1. The van der Waals surface area contributed by atoms with Gasteiger partial charge in [-0.15, -0.1) is 0 Å². The number of aliphatic hydroxyl groups excluding tert-OH is 1. The fourth-order valence-electron chi connectivity index (χ4n) is 0.719. The van der Waals surface area contributed by atoms with E-state index in [2.05, 4.69) is 40.3 Å². The van der Waals surface area contributed by atoms with E-state index in [1.54, 1.807) is 6.08 Å². The molecular formula is C15H14O3. The summed E-state index contributed by atoms with van der Waals surface area (Å²) in [4.78, 5) is 10.5. The van der Waals surface area contributed by atoms with E-state index in [1.165, 1.54) is 19.1 Å². The van der Waals surface area contributed by atoms with E-state index >= 15 is 0 Å². The molecule has 0 heterocycles. The highest BCUT2D eigenvalue weighted by molar-refractivity contribution is 5.65. The first kappa shape index (κ1) is 15.6. The van der Waals surface area contributed by atoms with E-state index in [-0.39, 0.29) is 6.61 Å². The van der Waals surface area contributed by atoms with Gasteiger partial charge in [-0.05, 0) is 48.8 Å². The van der Waals surface area contributed by atoms with Crippen molar-refractivity contribution in [3.05, 3.63) is 24.3 Å². The number of carbonyl (C=O) groups is 1. The van der Waals surface area contributed by atoms with Gasteiger partial charge in [0, 0.05) is 6.92 Å². The number of ether oxygens (including phenoxy) is 1. The lowest BCUT2D eigenvalue weighted by Crippen LogP contribution is -2.14. The van der Waals surface area contributed by atoms with Gasteiger partial charge >= 0.3 is 5.97 Å². The highest BCUT2D eigenvalue weighted by atomic mass is 16.5. The van der Waals surface area contributed by atoms with Crippen molar-refractivity contribution < 1.29 is 14.6 Å². The number of rotatable bonds is 3. The fraction of sp³-hybridized carbons (Fsp3) is 0.267. The van der Waals surface area contributed by atoms with Crippen LogP contribution in [0.25, 0.3) is 0 Å². The summed E-state index contributed by atoms with van der Waals surface area (Å²) in [5, 5.41) is 9.30. The first-order valence-electron chi connectivity index (χ1n) is 5.27. The smallest absolute Gasteiger partial charge is 0.302 e. The van der Waals surface area contributed by atoms with Crippen molar-refractivity contribution >= 4 is 5.97 Å². The minimum atomic E-state index is -0.856. The van der Waals surface area contributed by atoms with Crippen molar-refractivity contribution in [1.29, 1.82) is 0 Å². The van der Waals surface area contributed by atoms with Crippen LogP contribution in [-0.4, -0.2) is 23.8 Å². The molecule has 0 aliphatic carbocycles. The molecule has 0 saturated heterocycles. The van der Waals surface area contributed by atoms with Gasteiger partial charge in [-0.25, -0.2) is 0 Å². The van der Waals surface area contributed by atoms with E-state index in [9.17, 15) is 9.90 Å². The largest absolute Gasteiger partial charge is 0.463 e. The topological polar surface area (TPSA) is 46.5 Å². The van der Waals surface area contributed by atoms with Crippen LogP contribution in [0.2, 0.25) is 0 Å². The average molecular weight is 242 g/mol. The van der Waals surface area contributed by atoms with E-state index in [1.807, 2.05) is 13.0 Å². The van der Waals surface area contributed by atoms with Gasteiger partial charge < -0.3 is 9.84 Å². The van der Waals surface area contributed by atoms with Crippen LogP contribution in [-0.2, 0) is 9.53 Å². The molecule has 92 valence electrons. The molecule has 0 unspecified atom stereocenters. The summed E-state index contributed by atoms with van der Waals surface area (Å²) < 4.78 is 4.60. The molecule has 1 N–H and O–H groups in total. The van der Waals surface area contributed by atoms with E-state index in [4.69, 9.17) is 0 Å². The number of hydrogen-bond acceptors (Lipinski definition) is 3. The van der Waals surface area contributed by atoms with E-state index in [0.717, 1.165) is 0 Å². The predicted molar refractivity (Wildman–Crippen MR) is 69.9 cm³/mol. The normalized spacial score (nSPS) is 10.6. The number of allylic oxidation sites excluding steroid dienone is 3. The zero-order chi connectivity index (χ0) is 13.6. The number of esters is 1. The minimum Gasteiger partial charge on any atom is -0.463 e. The van der Waals surface area contributed by atoms with Gasteiger partial charge in [0.1, 0.15) is 12.7 Å². The summed E-state index contributed by atoms with van der Waals surface area (Å²) in [6.07, 6.45) is 5.51. The number of hydrogen-bond donors (Lipinski definition) is 1. The van der Waals surface area contributed by atoms with Crippen LogP contribution in [0, 0.1) is 35.5 Å². The molecule has 3 heteroatoms. The maximum Gasteiger partial charge on any atom is 0.302 e. The second kappa shape index (κ2) is 11.1. The fourth-order valence-corrected chi connectivity index (χ4v) is 0.719. The molecule has 0 bridgehead atoms. The number of carbonyl (C=O) groups excluding carboxylic acids is 1. The molecule has 0 radical (unpaired) electrons. The van der Waals surface area contributed by atoms with Crippen molar-refractivity contribution in [3.8, 4) is 35.5 Å². The molecule has 0 aromatic rings. The highest BCUT2D eigenvalue weighted by Crippen LogP contribution is 1.88. The summed E-state index contributed by atoms with van der Waals surface area (Å²) in [6, 6.07) is 0. The Kier molecular flexibility index (Phi) is 9.60. The van der Waals surface area contributed by atoms with Crippen LogP contribution in [0.3, 0.4) is 0 Å². The molecule has 0 saturated carbocycles. The predicted octanol–water partition coefficient (Wildman–Crippen LogP) is 1.05. The Bertz CT molecular complexity index is 493. The minimum absolute atomic E-state index is 0.0754. The lowest BCUT2D eigenvalue weighted by Gasteiger charge is -2.03. The number of aliphatic hydroxyl groups is 1. The second-order valence-corrected chi connectivity index (χ2v) is 3.02. The van der Waals surface area contributed by atoms with Crippen LogP contribution >= 0.6 is 0 Å². The molecule has 3 nitrogen and oxygen atoms in total. The molecule has 0 aliphatic heterocycles. The lowest BCUT2D eigenvalue weighted by atomic mass is 10.3. The molecule has 1 atom stereocenters. The zero-order valence-electron chi connectivity index (χ0n) is 10.4. The van der Waals surface area contributed by atoms with Crippen molar-refractivity contribution in [2.24, 2.45) is 0 Å². The van der Waals surface area contributed by atoms with Gasteiger partial charge in [0.15, 0.2) is 0 Å². The maximum atomic E-state index is 10.5. The van der Waals surface area contributed by atoms with Gasteiger partial charge in [0.2, 0.25) is 0 Å². The Morgan fingerprint density at radius 1 is 1.22 bits per heavy atom. The Labute approximate surface area is 108 Å². The molecule has 0 aromatic heterocycles. The Balaban J connectivity index is 4.03. The van der Waals surface area contributed by atoms with Crippen LogP contribution in [0.15, 0.2) is 24.3 Å². The van der Waals surface area contributed by atoms with Crippen molar-refractivity contribution in [1.82, 2.24) is 0 Å². The van der Waals surface area contributed by atoms with Crippen LogP contribution < -0.4 is 0 Å². The van der Waals surface area contributed by atoms with Crippen LogP contribution in [0.5, 0.6) is 0 Å². The van der Waals surface area contributed by atoms with E-state index < -0.39 is 12.1 Å². The molecule has 0 spiro atoms. The van der Waals surface area contributed by atoms with Gasteiger partial charge in [0.25, 0.3) is 0 Å². The Hall–Kier alpha value is -2.41. The molecule has 0 aromatic carbocycles. The van der Waals surface area contributed by atoms with Crippen LogP contribution in [0.1, 0.15) is 13.8 Å². The second-order valence-electron chi connectivity index (χ2n) is 3.02. The molecule has 0 rings (SSSR count). The van der Waals surface area contributed by atoms with Gasteiger partial charge in [-0.3, -0.25) is 4.79 Å². The molecule has 0 aliphatic rings. The highest BCUT2D eigenvalue weighted by Gasteiger charge is 1.99. The van der Waals surface area contributed by atoms with Crippen LogP contribution in [0.4, 0.5) is 0 Å². The van der Waals surface area contributed by atoms with Gasteiger partial charge in [-0.1, -0.05) is 17.9 Å². The Morgan fingerprint density at radius 2 is 1.83 bits per heavy atom. The third kappa shape index (κ3) is 11.7. The summed E-state index contributed by atoms with van der Waals surface area (Å²) >= 11 is 0. The summed E-state index contributed by atoms with van der Waals surface area (Å²) in [6.45, 7) is 3.07. The zero-order valence-corrected chi connectivity index (χ0v) is 10.4. The summed E-state index contributed by atoms with van der Waals surface area (Å²) in [7, 11) is 0. The summed E-state index contributed by atoms with van der Waals surface area (Å²) in [5.41, 5.74) is 0. The lowest BCUT2D eigenvalue weighted by molar-refractivity contribution is -0.143. The standard InChI is InChI=1S/C15H14O3/c1-3-4-5-6-7-8-9-10-11-12-15(17)13-18-14(2)16/h3-4,11-12,15,17H,13H2,1-2H3/b4-3+,12-11+/t15-/m1/s1. The molecular weight excluding hydrogens is 228 g/mol. The van der Waals surface area contributed by atoms with Crippen molar-refractivity contribution in [3.63, 3.8) is 0 Å².